The summed E-state index contributed by atoms with van der Waals surface area (Å²) in [6.07, 6.45) is 3.43. The molecule has 0 aliphatic carbocycles. The number of rotatable bonds is 2. The number of hydrogen-bond donors (Lipinski definition) is 1. The molecule has 1 aromatic carbocycles. The Kier molecular flexibility index (Phi) is 4.06. The molecule has 0 spiro atoms. The fourth-order valence-corrected chi connectivity index (χ4v) is 2.78. The van der Waals surface area contributed by atoms with Gasteiger partial charge in [-0.05, 0) is 36.1 Å². The number of aromatic nitrogens is 2. The van der Waals surface area contributed by atoms with E-state index >= 15 is 0 Å². The summed E-state index contributed by atoms with van der Waals surface area (Å²) in [7, 11) is 0. The number of fused-ring (bicyclic) bond motifs is 1. The van der Waals surface area contributed by atoms with Crippen molar-refractivity contribution in [2.75, 3.05) is 5.32 Å². The Balaban J connectivity index is 1.98. The summed E-state index contributed by atoms with van der Waals surface area (Å²) in [6, 6.07) is 11.6. The van der Waals surface area contributed by atoms with Gasteiger partial charge in [0.2, 0.25) is 0 Å². The molecule has 122 valence electrons. The van der Waals surface area contributed by atoms with Crippen molar-refractivity contribution in [3.05, 3.63) is 65.6 Å². The van der Waals surface area contributed by atoms with E-state index in [-0.39, 0.29) is 11.3 Å². The molecule has 0 radical (unpaired) electrons. The largest absolute Gasteiger partial charge is 0.322 e. The molecule has 0 saturated heterocycles. The van der Waals surface area contributed by atoms with Gasteiger partial charge in [-0.15, -0.1) is 0 Å². The van der Waals surface area contributed by atoms with E-state index < -0.39 is 0 Å². The highest BCUT2D eigenvalue weighted by Gasteiger charge is 2.20. The number of carbonyl (C=O) groups is 1. The van der Waals surface area contributed by atoms with E-state index in [1.165, 1.54) is 0 Å². The Labute approximate surface area is 142 Å². The van der Waals surface area contributed by atoms with Crippen LogP contribution in [0.4, 0.5) is 5.69 Å². The topological polar surface area (TPSA) is 54.9 Å². The molecule has 4 heteroatoms. The molecular formula is C20H21N3O. The lowest BCUT2D eigenvalue weighted by Crippen LogP contribution is -2.19. The molecule has 2 aromatic heterocycles. The van der Waals surface area contributed by atoms with Crippen molar-refractivity contribution in [1.82, 2.24) is 9.97 Å². The lowest BCUT2D eigenvalue weighted by atomic mass is 9.86. The van der Waals surface area contributed by atoms with Crippen molar-refractivity contribution in [1.29, 1.82) is 0 Å². The minimum absolute atomic E-state index is 0.0511. The van der Waals surface area contributed by atoms with Crippen LogP contribution in [0.2, 0.25) is 0 Å². The Morgan fingerprint density at radius 1 is 1.12 bits per heavy atom. The van der Waals surface area contributed by atoms with Crippen LogP contribution in [-0.4, -0.2) is 15.9 Å². The molecule has 0 aliphatic rings. The van der Waals surface area contributed by atoms with Crippen molar-refractivity contribution in [3.63, 3.8) is 0 Å². The van der Waals surface area contributed by atoms with E-state index in [1.54, 1.807) is 12.4 Å². The van der Waals surface area contributed by atoms with E-state index in [0.717, 1.165) is 22.2 Å². The minimum atomic E-state index is -0.151. The van der Waals surface area contributed by atoms with Crippen molar-refractivity contribution in [2.24, 2.45) is 0 Å². The second kappa shape index (κ2) is 6.04. The molecule has 1 amide bonds. The van der Waals surface area contributed by atoms with Gasteiger partial charge in [0.1, 0.15) is 0 Å². The van der Waals surface area contributed by atoms with Crippen LogP contribution >= 0.6 is 0 Å². The first-order chi connectivity index (χ1) is 11.4. The zero-order valence-corrected chi connectivity index (χ0v) is 14.4. The molecule has 1 N–H and O–H groups in total. The van der Waals surface area contributed by atoms with Gasteiger partial charge < -0.3 is 5.32 Å². The monoisotopic (exact) mass is 319 g/mol. The number of nitrogens with zero attached hydrogens (tertiary/aromatic N) is 2. The summed E-state index contributed by atoms with van der Waals surface area (Å²) in [5.74, 6) is -0.151. The first kappa shape index (κ1) is 16.1. The quantitative estimate of drug-likeness (QED) is 0.757. The fraction of sp³-hybridized carbons (Fsp3) is 0.250. The Morgan fingerprint density at radius 3 is 2.62 bits per heavy atom. The number of benzene rings is 1. The average molecular weight is 319 g/mol. The maximum atomic E-state index is 12.8. The zero-order chi connectivity index (χ0) is 17.3. The molecular weight excluding hydrogens is 298 g/mol. The molecule has 0 unspecified atom stereocenters. The third kappa shape index (κ3) is 3.13. The van der Waals surface area contributed by atoms with Gasteiger partial charge in [0.05, 0.1) is 16.8 Å². The second-order valence-electron chi connectivity index (χ2n) is 6.94. The SMILES string of the molecule is Cc1nc2ccncc2cc1C(=O)Nc1ccccc1C(C)(C)C. The summed E-state index contributed by atoms with van der Waals surface area (Å²) in [5.41, 5.74) is 4.00. The van der Waals surface area contributed by atoms with Crippen LogP contribution in [0.25, 0.3) is 10.9 Å². The first-order valence-corrected chi connectivity index (χ1v) is 7.98. The lowest BCUT2D eigenvalue weighted by molar-refractivity contribution is 0.102. The van der Waals surface area contributed by atoms with Crippen LogP contribution < -0.4 is 5.32 Å². The van der Waals surface area contributed by atoms with Gasteiger partial charge in [-0.1, -0.05) is 39.0 Å². The lowest BCUT2D eigenvalue weighted by Gasteiger charge is -2.23. The molecule has 3 aromatic rings. The third-order valence-corrected chi connectivity index (χ3v) is 4.03. The van der Waals surface area contributed by atoms with Crippen LogP contribution in [0.5, 0.6) is 0 Å². The van der Waals surface area contributed by atoms with E-state index in [0.29, 0.717) is 11.3 Å². The molecule has 24 heavy (non-hydrogen) atoms. The number of carbonyl (C=O) groups excluding carboxylic acids is 1. The number of anilines is 1. The smallest absolute Gasteiger partial charge is 0.257 e. The van der Waals surface area contributed by atoms with Crippen LogP contribution in [0.3, 0.4) is 0 Å². The highest BCUT2D eigenvalue weighted by atomic mass is 16.1. The van der Waals surface area contributed by atoms with E-state index in [2.05, 4.69) is 36.1 Å². The maximum Gasteiger partial charge on any atom is 0.257 e. The maximum absolute atomic E-state index is 12.8. The van der Waals surface area contributed by atoms with Gasteiger partial charge in [-0.25, -0.2) is 0 Å². The molecule has 0 fully saturated rings. The molecule has 0 aliphatic heterocycles. The second-order valence-corrected chi connectivity index (χ2v) is 6.94. The van der Waals surface area contributed by atoms with Crippen molar-refractivity contribution >= 4 is 22.5 Å². The minimum Gasteiger partial charge on any atom is -0.322 e. The highest BCUT2D eigenvalue weighted by Crippen LogP contribution is 2.29. The predicted molar refractivity (Wildman–Crippen MR) is 97.4 cm³/mol. The predicted octanol–water partition coefficient (Wildman–Crippen LogP) is 4.49. The molecule has 0 bridgehead atoms. The van der Waals surface area contributed by atoms with Crippen LogP contribution in [-0.2, 0) is 5.41 Å². The van der Waals surface area contributed by atoms with Crippen LogP contribution in [0.1, 0.15) is 42.4 Å². The summed E-state index contributed by atoms with van der Waals surface area (Å²) in [5, 5.41) is 3.90. The zero-order valence-electron chi connectivity index (χ0n) is 14.4. The molecule has 3 rings (SSSR count). The van der Waals surface area contributed by atoms with Gasteiger partial charge >= 0.3 is 0 Å². The number of nitrogens with one attached hydrogen (secondary N) is 1. The number of amides is 1. The molecule has 4 nitrogen and oxygen atoms in total. The number of para-hydroxylation sites is 1. The third-order valence-electron chi connectivity index (χ3n) is 4.03. The Bertz CT molecular complexity index is 910. The van der Waals surface area contributed by atoms with Crippen molar-refractivity contribution in [2.45, 2.75) is 33.1 Å². The van der Waals surface area contributed by atoms with Crippen LogP contribution in [0, 0.1) is 6.92 Å². The summed E-state index contributed by atoms with van der Waals surface area (Å²) in [6.45, 7) is 8.25. The van der Waals surface area contributed by atoms with E-state index in [1.807, 2.05) is 43.3 Å². The summed E-state index contributed by atoms with van der Waals surface area (Å²) >= 11 is 0. The average Bonchev–Trinajstić information content (AvgIpc) is 2.53. The first-order valence-electron chi connectivity index (χ1n) is 7.98. The fourth-order valence-electron chi connectivity index (χ4n) is 2.78. The molecule has 2 heterocycles. The highest BCUT2D eigenvalue weighted by molar-refractivity contribution is 6.07. The summed E-state index contributed by atoms with van der Waals surface area (Å²) in [4.78, 5) is 21.4. The van der Waals surface area contributed by atoms with Crippen LogP contribution in [0.15, 0.2) is 48.8 Å². The van der Waals surface area contributed by atoms with E-state index in [4.69, 9.17) is 0 Å². The number of pyridine rings is 2. The van der Waals surface area contributed by atoms with E-state index in [9.17, 15) is 4.79 Å². The summed E-state index contributed by atoms with van der Waals surface area (Å²) < 4.78 is 0. The number of aryl methyl sites for hydroxylation is 1. The van der Waals surface area contributed by atoms with Gasteiger partial charge in [0, 0.05) is 23.5 Å². The number of hydrogen-bond acceptors (Lipinski definition) is 3. The normalized spacial score (nSPS) is 11.5. The van der Waals surface area contributed by atoms with Gasteiger partial charge in [0.25, 0.3) is 5.91 Å². The van der Waals surface area contributed by atoms with Gasteiger partial charge in [0.15, 0.2) is 0 Å². The van der Waals surface area contributed by atoms with Gasteiger partial charge in [-0.3, -0.25) is 14.8 Å². The van der Waals surface area contributed by atoms with Gasteiger partial charge in [-0.2, -0.15) is 0 Å². The van der Waals surface area contributed by atoms with Crippen molar-refractivity contribution < 1.29 is 4.79 Å². The molecule has 0 atom stereocenters. The molecule has 0 saturated carbocycles. The standard InChI is InChI=1S/C20H21N3O/c1-13-15(11-14-12-21-10-9-17(14)22-13)19(24)23-18-8-6-5-7-16(18)20(2,3)4/h5-12H,1-4H3,(H,23,24). The Hall–Kier alpha value is -2.75. The van der Waals surface area contributed by atoms with Crippen molar-refractivity contribution in [3.8, 4) is 0 Å². The Morgan fingerprint density at radius 2 is 1.88 bits per heavy atom.